The van der Waals surface area contributed by atoms with Crippen molar-refractivity contribution in [1.82, 2.24) is 0 Å². The number of rotatable bonds is 4. The maximum absolute atomic E-state index is 12.0. The van der Waals surface area contributed by atoms with Gasteiger partial charge in [0, 0.05) is 20.7 Å². The van der Waals surface area contributed by atoms with Gasteiger partial charge in [-0.05, 0) is 36.4 Å². The predicted molar refractivity (Wildman–Crippen MR) is 85.7 cm³/mol. The average molecular weight is 371 g/mol. The normalized spacial score (nSPS) is 10.2. The number of carbonyl (C=O) groups excluding carboxylic acids is 1. The third kappa shape index (κ3) is 4.12. The lowest BCUT2D eigenvalue weighted by Gasteiger charge is -2.10. The van der Waals surface area contributed by atoms with Crippen LogP contribution in [-0.4, -0.2) is 13.1 Å². The van der Waals surface area contributed by atoms with Gasteiger partial charge in [0.1, 0.15) is 12.4 Å². The maximum Gasteiger partial charge on any atom is 0.338 e. The third-order valence-electron chi connectivity index (χ3n) is 2.76. The second kappa shape index (κ2) is 6.83. The lowest BCUT2D eigenvalue weighted by molar-refractivity contribution is 0.0470. The highest BCUT2D eigenvalue weighted by atomic mass is 79.9. The van der Waals surface area contributed by atoms with Crippen LogP contribution in [0.1, 0.15) is 15.9 Å². The molecule has 0 aliphatic rings. The van der Waals surface area contributed by atoms with Crippen molar-refractivity contribution < 1.29 is 14.3 Å². The monoisotopic (exact) mass is 369 g/mol. The van der Waals surface area contributed by atoms with E-state index in [2.05, 4.69) is 15.9 Å². The highest BCUT2D eigenvalue weighted by Gasteiger charge is 2.11. The van der Waals surface area contributed by atoms with E-state index in [1.807, 2.05) is 12.1 Å². The second-order valence-electron chi connectivity index (χ2n) is 4.31. The van der Waals surface area contributed by atoms with Gasteiger partial charge in [-0.3, -0.25) is 0 Å². The molecular formula is C15H13BrClNO3. The molecule has 0 spiro atoms. The summed E-state index contributed by atoms with van der Waals surface area (Å²) in [5, 5.41) is 0.391. The van der Waals surface area contributed by atoms with Crippen LogP contribution in [0.4, 0.5) is 5.69 Å². The largest absolute Gasteiger partial charge is 0.496 e. The summed E-state index contributed by atoms with van der Waals surface area (Å²) in [6.07, 6.45) is 0. The number of nitrogen functional groups attached to an aromatic ring is 1. The summed E-state index contributed by atoms with van der Waals surface area (Å²) < 4.78 is 11.4. The lowest BCUT2D eigenvalue weighted by atomic mass is 10.2. The molecule has 0 heterocycles. The molecule has 110 valence electrons. The van der Waals surface area contributed by atoms with Gasteiger partial charge in [-0.25, -0.2) is 4.79 Å². The van der Waals surface area contributed by atoms with E-state index in [9.17, 15) is 4.79 Å². The van der Waals surface area contributed by atoms with E-state index < -0.39 is 5.97 Å². The first-order valence-corrected chi connectivity index (χ1v) is 7.22. The Hall–Kier alpha value is -1.72. The molecule has 0 amide bonds. The van der Waals surface area contributed by atoms with E-state index in [0.717, 1.165) is 10.0 Å². The summed E-state index contributed by atoms with van der Waals surface area (Å²) in [6, 6.07) is 10.1. The molecule has 0 fully saturated rings. The highest BCUT2D eigenvalue weighted by Crippen LogP contribution is 2.24. The smallest absolute Gasteiger partial charge is 0.338 e. The third-order valence-corrected chi connectivity index (χ3v) is 3.47. The first-order valence-electron chi connectivity index (χ1n) is 6.05. The summed E-state index contributed by atoms with van der Waals surface area (Å²) in [5.74, 6) is 0.155. The Morgan fingerprint density at radius 2 is 2.05 bits per heavy atom. The molecule has 0 saturated heterocycles. The first kappa shape index (κ1) is 15.7. The van der Waals surface area contributed by atoms with Crippen molar-refractivity contribution in [3.8, 4) is 5.75 Å². The number of esters is 1. The molecule has 21 heavy (non-hydrogen) atoms. The summed E-state index contributed by atoms with van der Waals surface area (Å²) >= 11 is 9.23. The van der Waals surface area contributed by atoms with Gasteiger partial charge in [-0.1, -0.05) is 27.5 Å². The van der Waals surface area contributed by atoms with Gasteiger partial charge in [0.2, 0.25) is 0 Å². The van der Waals surface area contributed by atoms with Crippen LogP contribution in [0.3, 0.4) is 0 Å². The quantitative estimate of drug-likeness (QED) is 0.651. The van der Waals surface area contributed by atoms with E-state index in [1.54, 1.807) is 19.2 Å². The molecule has 0 aliphatic carbocycles. The Labute approximate surface area is 135 Å². The van der Waals surface area contributed by atoms with Gasteiger partial charge >= 0.3 is 5.97 Å². The zero-order valence-corrected chi connectivity index (χ0v) is 13.6. The van der Waals surface area contributed by atoms with Crippen molar-refractivity contribution in [2.75, 3.05) is 12.8 Å². The Kier molecular flexibility index (Phi) is 5.09. The van der Waals surface area contributed by atoms with Gasteiger partial charge in [0.15, 0.2) is 0 Å². The summed E-state index contributed by atoms with van der Waals surface area (Å²) in [5.41, 5.74) is 7.14. The van der Waals surface area contributed by atoms with Crippen LogP contribution in [-0.2, 0) is 11.3 Å². The second-order valence-corrected chi connectivity index (χ2v) is 5.66. The number of anilines is 1. The SMILES string of the molecule is COc1ccc(Br)cc1COC(=O)c1cc(N)cc(Cl)c1. The molecule has 2 aromatic carbocycles. The molecule has 0 unspecified atom stereocenters. The number of carbonyl (C=O) groups is 1. The van der Waals surface area contributed by atoms with Gasteiger partial charge in [0.05, 0.1) is 12.7 Å². The number of ether oxygens (including phenoxy) is 2. The fourth-order valence-corrected chi connectivity index (χ4v) is 2.47. The summed E-state index contributed by atoms with van der Waals surface area (Å²) in [6.45, 7) is 0.0911. The van der Waals surface area contributed by atoms with Gasteiger partial charge in [0.25, 0.3) is 0 Å². The lowest BCUT2D eigenvalue weighted by Crippen LogP contribution is -2.06. The van der Waals surface area contributed by atoms with E-state index >= 15 is 0 Å². The van der Waals surface area contributed by atoms with E-state index in [1.165, 1.54) is 12.1 Å². The highest BCUT2D eigenvalue weighted by molar-refractivity contribution is 9.10. The molecule has 0 aromatic heterocycles. The molecule has 2 aromatic rings. The Bertz CT molecular complexity index is 656. The molecular weight excluding hydrogens is 358 g/mol. The molecule has 0 aliphatic heterocycles. The van der Waals surface area contributed by atoms with Crippen molar-refractivity contribution in [1.29, 1.82) is 0 Å². The van der Waals surface area contributed by atoms with E-state index in [4.69, 9.17) is 26.8 Å². The van der Waals surface area contributed by atoms with E-state index in [-0.39, 0.29) is 6.61 Å². The molecule has 6 heteroatoms. The molecule has 2 N–H and O–H groups in total. The van der Waals surface area contributed by atoms with Crippen molar-refractivity contribution >= 4 is 39.2 Å². The zero-order chi connectivity index (χ0) is 15.4. The van der Waals surface area contributed by atoms with Gasteiger partial charge in [-0.15, -0.1) is 0 Å². The zero-order valence-electron chi connectivity index (χ0n) is 11.2. The fraction of sp³-hybridized carbons (Fsp3) is 0.133. The Balaban J connectivity index is 2.12. The minimum absolute atomic E-state index is 0.0911. The summed E-state index contributed by atoms with van der Waals surface area (Å²) in [7, 11) is 1.56. The molecule has 0 atom stereocenters. The van der Waals surface area contributed by atoms with Crippen molar-refractivity contribution in [3.63, 3.8) is 0 Å². The maximum atomic E-state index is 12.0. The van der Waals surface area contributed by atoms with Crippen LogP contribution in [0, 0.1) is 0 Å². The number of halogens is 2. The van der Waals surface area contributed by atoms with Crippen LogP contribution < -0.4 is 10.5 Å². The number of hydrogen-bond acceptors (Lipinski definition) is 4. The fourth-order valence-electron chi connectivity index (χ4n) is 1.82. The predicted octanol–water partition coefficient (Wildman–Crippen LogP) is 4.05. The van der Waals surface area contributed by atoms with Crippen LogP contribution in [0.5, 0.6) is 5.75 Å². The summed E-state index contributed by atoms with van der Waals surface area (Å²) in [4.78, 5) is 12.0. The Morgan fingerprint density at radius 3 is 2.71 bits per heavy atom. The van der Waals surface area contributed by atoms with E-state index in [0.29, 0.717) is 22.0 Å². The molecule has 0 saturated carbocycles. The first-order chi connectivity index (χ1) is 9.99. The standard InChI is InChI=1S/C15H13BrClNO3/c1-20-14-3-2-11(16)4-10(14)8-21-15(19)9-5-12(17)7-13(18)6-9/h2-7H,8,18H2,1H3. The number of nitrogens with two attached hydrogens (primary N) is 1. The van der Waals surface area contributed by atoms with Crippen molar-refractivity contribution in [3.05, 3.63) is 57.0 Å². The molecule has 0 radical (unpaired) electrons. The van der Waals surface area contributed by atoms with Gasteiger partial charge < -0.3 is 15.2 Å². The molecule has 2 rings (SSSR count). The van der Waals surface area contributed by atoms with Crippen molar-refractivity contribution in [2.45, 2.75) is 6.61 Å². The number of methoxy groups -OCH3 is 1. The topological polar surface area (TPSA) is 61.5 Å². The minimum Gasteiger partial charge on any atom is -0.496 e. The Morgan fingerprint density at radius 1 is 1.29 bits per heavy atom. The molecule has 0 bridgehead atoms. The molecule has 4 nitrogen and oxygen atoms in total. The van der Waals surface area contributed by atoms with Crippen molar-refractivity contribution in [2.24, 2.45) is 0 Å². The van der Waals surface area contributed by atoms with Gasteiger partial charge in [-0.2, -0.15) is 0 Å². The average Bonchev–Trinajstić information content (AvgIpc) is 2.43. The van der Waals surface area contributed by atoms with Crippen LogP contribution in [0.25, 0.3) is 0 Å². The minimum atomic E-state index is -0.494. The number of hydrogen-bond donors (Lipinski definition) is 1. The van der Waals surface area contributed by atoms with Crippen LogP contribution in [0.2, 0.25) is 5.02 Å². The van der Waals surface area contributed by atoms with Crippen LogP contribution >= 0.6 is 27.5 Å². The number of benzene rings is 2. The van der Waals surface area contributed by atoms with Crippen LogP contribution in [0.15, 0.2) is 40.9 Å².